The average molecular weight is 426 g/mol. The highest BCUT2D eigenvalue weighted by Gasteiger charge is 2.33. The first kappa shape index (κ1) is 19.3. The molecule has 0 aliphatic carbocycles. The largest absolute Gasteiger partial charge is 0.326 e. The van der Waals surface area contributed by atoms with E-state index in [4.69, 9.17) is 4.98 Å². The molecule has 2 amide bonds. The number of hydrogen-bond acceptors (Lipinski definition) is 4. The quantitative estimate of drug-likeness (QED) is 0.457. The normalized spacial score (nSPS) is 14.9. The zero-order valence-corrected chi connectivity index (χ0v) is 17.6. The summed E-state index contributed by atoms with van der Waals surface area (Å²) in [4.78, 5) is 30.9. The van der Waals surface area contributed by atoms with Gasteiger partial charge in [0.25, 0.3) is 0 Å². The number of carbonyl (C=O) groups is 2. The third kappa shape index (κ3) is 3.78. The van der Waals surface area contributed by atoms with Gasteiger partial charge in [-0.05, 0) is 48.0 Å². The minimum absolute atomic E-state index is 0.0559. The number of hydrogen-bond donors (Lipinski definition) is 2. The van der Waals surface area contributed by atoms with Crippen molar-refractivity contribution in [2.24, 2.45) is 0 Å². The number of nitrogens with one attached hydrogen (secondary N) is 2. The molecule has 152 valence electrons. The van der Waals surface area contributed by atoms with E-state index in [2.05, 4.69) is 10.6 Å². The van der Waals surface area contributed by atoms with Crippen LogP contribution in [0.2, 0.25) is 0 Å². The summed E-state index contributed by atoms with van der Waals surface area (Å²) in [6.07, 6.45) is 0. The number of amides is 2. The molecule has 1 aromatic heterocycles. The van der Waals surface area contributed by atoms with Crippen LogP contribution >= 0.6 is 11.8 Å². The van der Waals surface area contributed by atoms with Crippen molar-refractivity contribution in [2.45, 2.75) is 22.6 Å². The van der Waals surface area contributed by atoms with Gasteiger partial charge in [0.1, 0.15) is 5.92 Å². The van der Waals surface area contributed by atoms with Crippen LogP contribution in [0.25, 0.3) is 10.9 Å². The highest BCUT2D eigenvalue weighted by molar-refractivity contribution is 7.99. The van der Waals surface area contributed by atoms with E-state index in [0.29, 0.717) is 0 Å². The molecular weight excluding hydrogens is 406 g/mol. The number of fused-ring (bicyclic) bond motifs is 2. The Morgan fingerprint density at radius 1 is 1.00 bits per heavy atom. The summed E-state index contributed by atoms with van der Waals surface area (Å²) < 4.78 is 0. The Morgan fingerprint density at radius 3 is 2.55 bits per heavy atom. The van der Waals surface area contributed by atoms with Crippen molar-refractivity contribution in [1.29, 1.82) is 0 Å². The third-order valence-corrected chi connectivity index (χ3v) is 6.25. The number of pyridine rings is 1. The Balaban J connectivity index is 1.56. The molecular formula is C25H19N3O2S. The number of anilines is 2. The van der Waals surface area contributed by atoms with Gasteiger partial charge in [-0.15, -0.1) is 0 Å². The summed E-state index contributed by atoms with van der Waals surface area (Å²) in [6, 6.07) is 25.5. The van der Waals surface area contributed by atoms with E-state index >= 15 is 0 Å². The minimum Gasteiger partial charge on any atom is -0.326 e. The molecule has 3 aromatic carbocycles. The fourth-order valence-corrected chi connectivity index (χ4v) is 4.82. The van der Waals surface area contributed by atoms with Crippen molar-refractivity contribution in [1.82, 2.24) is 4.98 Å². The lowest BCUT2D eigenvalue weighted by Gasteiger charge is -2.13. The van der Waals surface area contributed by atoms with Crippen molar-refractivity contribution >= 4 is 45.9 Å². The van der Waals surface area contributed by atoms with Gasteiger partial charge in [0.2, 0.25) is 11.8 Å². The molecule has 0 bridgehead atoms. The molecule has 0 saturated carbocycles. The number of benzene rings is 3. The van der Waals surface area contributed by atoms with E-state index in [1.54, 1.807) is 11.8 Å². The fourth-order valence-electron chi connectivity index (χ4n) is 3.83. The monoisotopic (exact) mass is 425 g/mol. The fraction of sp³-hybridized carbons (Fsp3) is 0.0800. The first-order chi connectivity index (χ1) is 15.1. The Bertz CT molecular complexity index is 1320. The molecule has 1 unspecified atom stereocenters. The number of rotatable bonds is 4. The van der Waals surface area contributed by atoms with Crippen LogP contribution in [-0.2, 0) is 9.59 Å². The molecule has 5 rings (SSSR count). The lowest BCUT2D eigenvalue weighted by Crippen LogP contribution is -2.14. The molecule has 2 N–H and O–H groups in total. The Morgan fingerprint density at radius 2 is 1.74 bits per heavy atom. The molecule has 0 spiro atoms. The smallest absolute Gasteiger partial charge is 0.238 e. The van der Waals surface area contributed by atoms with Gasteiger partial charge in [-0.1, -0.05) is 48.2 Å². The predicted molar refractivity (Wildman–Crippen MR) is 124 cm³/mol. The molecule has 31 heavy (non-hydrogen) atoms. The Kier molecular flexibility index (Phi) is 4.92. The van der Waals surface area contributed by atoms with Gasteiger partial charge < -0.3 is 10.6 Å². The van der Waals surface area contributed by atoms with Crippen LogP contribution in [0.1, 0.15) is 24.1 Å². The Labute approximate surface area is 183 Å². The van der Waals surface area contributed by atoms with Gasteiger partial charge in [-0.25, -0.2) is 0 Å². The highest BCUT2D eigenvalue weighted by atomic mass is 32.2. The van der Waals surface area contributed by atoms with Crippen molar-refractivity contribution in [2.75, 3.05) is 10.6 Å². The molecule has 6 heteroatoms. The first-order valence-corrected chi connectivity index (χ1v) is 10.7. The van der Waals surface area contributed by atoms with Crippen molar-refractivity contribution in [3.8, 4) is 0 Å². The van der Waals surface area contributed by atoms with Gasteiger partial charge in [0, 0.05) is 33.5 Å². The zero-order valence-electron chi connectivity index (χ0n) is 16.8. The van der Waals surface area contributed by atoms with Gasteiger partial charge in [0.05, 0.1) is 11.2 Å². The van der Waals surface area contributed by atoms with E-state index in [1.165, 1.54) is 6.92 Å². The molecule has 1 aliphatic rings. The zero-order chi connectivity index (χ0) is 21.4. The van der Waals surface area contributed by atoms with Crippen LogP contribution in [0.4, 0.5) is 11.4 Å². The number of carbonyl (C=O) groups excluding carboxylic acids is 2. The molecule has 4 aromatic rings. The Hall–Kier alpha value is -3.64. The van der Waals surface area contributed by atoms with Crippen LogP contribution in [0.5, 0.6) is 0 Å². The first-order valence-electron chi connectivity index (χ1n) is 9.93. The van der Waals surface area contributed by atoms with E-state index in [0.717, 1.165) is 43.3 Å². The van der Waals surface area contributed by atoms with E-state index < -0.39 is 5.92 Å². The predicted octanol–water partition coefficient (Wildman–Crippen LogP) is 5.43. The molecule has 0 fully saturated rings. The molecule has 0 radical (unpaired) electrons. The second-order valence-electron chi connectivity index (χ2n) is 7.38. The lowest BCUT2D eigenvalue weighted by atomic mass is 9.96. The van der Waals surface area contributed by atoms with Gasteiger partial charge >= 0.3 is 0 Å². The van der Waals surface area contributed by atoms with E-state index in [9.17, 15) is 9.59 Å². The topological polar surface area (TPSA) is 71.1 Å². The van der Waals surface area contributed by atoms with E-state index in [-0.39, 0.29) is 11.8 Å². The van der Waals surface area contributed by atoms with Gasteiger partial charge in [-0.3, -0.25) is 14.6 Å². The molecule has 5 nitrogen and oxygen atoms in total. The third-order valence-electron chi connectivity index (χ3n) is 5.19. The number of para-hydroxylation sites is 2. The van der Waals surface area contributed by atoms with Crippen LogP contribution in [-0.4, -0.2) is 16.8 Å². The van der Waals surface area contributed by atoms with Crippen LogP contribution in [0.3, 0.4) is 0 Å². The maximum atomic E-state index is 12.8. The summed E-state index contributed by atoms with van der Waals surface area (Å²) in [7, 11) is 0. The van der Waals surface area contributed by atoms with Crippen molar-refractivity contribution < 1.29 is 9.59 Å². The summed E-state index contributed by atoms with van der Waals surface area (Å²) in [5.74, 6) is -0.581. The summed E-state index contributed by atoms with van der Waals surface area (Å²) in [5.41, 5.74) is 4.14. The second kappa shape index (κ2) is 7.89. The maximum absolute atomic E-state index is 12.8. The molecule has 2 heterocycles. The highest BCUT2D eigenvalue weighted by Crippen LogP contribution is 2.40. The standard InChI is InChI=1S/C25H19N3O2S/c1-15(29)26-16-10-12-17(13-11-16)31-23-14-22(27-20-8-4-2-6-18(20)23)24-19-7-3-5-9-21(19)28-25(24)30/h2-14,24H,1H3,(H,26,29)(H,28,30). The maximum Gasteiger partial charge on any atom is 0.238 e. The average Bonchev–Trinajstić information content (AvgIpc) is 3.10. The van der Waals surface area contributed by atoms with Crippen molar-refractivity contribution in [3.63, 3.8) is 0 Å². The van der Waals surface area contributed by atoms with Crippen molar-refractivity contribution in [3.05, 3.63) is 90.1 Å². The van der Waals surface area contributed by atoms with Crippen LogP contribution in [0.15, 0.2) is 88.7 Å². The SMILES string of the molecule is CC(=O)Nc1ccc(Sc2cc(C3C(=O)Nc4ccccc43)nc3ccccc23)cc1. The molecule has 0 saturated heterocycles. The lowest BCUT2D eigenvalue weighted by molar-refractivity contribution is -0.116. The van der Waals surface area contributed by atoms with Gasteiger partial charge in [0.15, 0.2) is 0 Å². The van der Waals surface area contributed by atoms with Crippen LogP contribution in [0, 0.1) is 0 Å². The van der Waals surface area contributed by atoms with Gasteiger partial charge in [-0.2, -0.15) is 0 Å². The molecule has 1 aliphatic heterocycles. The minimum atomic E-state index is -0.428. The molecule has 1 atom stereocenters. The summed E-state index contributed by atoms with van der Waals surface area (Å²) in [6.45, 7) is 1.49. The summed E-state index contributed by atoms with van der Waals surface area (Å²) >= 11 is 1.62. The number of aromatic nitrogens is 1. The number of nitrogens with zero attached hydrogens (tertiary/aromatic N) is 1. The van der Waals surface area contributed by atoms with E-state index in [1.807, 2.05) is 78.9 Å². The summed E-state index contributed by atoms with van der Waals surface area (Å²) in [5, 5.41) is 6.78. The second-order valence-corrected chi connectivity index (χ2v) is 8.49. The van der Waals surface area contributed by atoms with Crippen LogP contribution < -0.4 is 10.6 Å².